The van der Waals surface area contributed by atoms with Crippen LogP contribution in [0.2, 0.25) is 0 Å². The first kappa shape index (κ1) is 14.2. The number of hydrogen-bond acceptors (Lipinski definition) is 3. The van der Waals surface area contributed by atoms with Crippen molar-refractivity contribution in [3.8, 4) is 0 Å². The van der Waals surface area contributed by atoms with Crippen molar-refractivity contribution < 1.29 is 8.42 Å². The lowest BCUT2D eigenvalue weighted by molar-refractivity contribution is 0.551. The minimum absolute atomic E-state index is 0.0779. The summed E-state index contributed by atoms with van der Waals surface area (Å²) >= 11 is 0. The minimum atomic E-state index is -3.17. The third kappa shape index (κ3) is 3.54. The maximum Gasteiger partial charge on any atom is 0.158 e. The first-order valence-electron chi connectivity index (χ1n) is 5.90. The Morgan fingerprint density at radius 1 is 1.29 bits per heavy atom. The molecule has 96 valence electrons. The molecule has 0 aliphatic heterocycles. The number of nitrogens with two attached hydrogens (primary N) is 1. The molecule has 1 aromatic carbocycles. The second-order valence-electron chi connectivity index (χ2n) is 4.51. The first-order chi connectivity index (χ1) is 7.88. The summed E-state index contributed by atoms with van der Waals surface area (Å²) in [5, 5.41) is -0.493. The highest BCUT2D eigenvalue weighted by atomic mass is 32.2. The summed E-state index contributed by atoms with van der Waals surface area (Å²) in [6.45, 7) is 5.53. The summed E-state index contributed by atoms with van der Waals surface area (Å²) in [5.74, 6) is 0.0779. The largest absolute Gasteiger partial charge is 0.327 e. The predicted molar refractivity (Wildman–Crippen MR) is 71.5 cm³/mol. The van der Waals surface area contributed by atoms with Gasteiger partial charge in [-0.25, -0.2) is 8.42 Å². The standard InChI is InChI=1S/C13H21NO2S/c1-4-13(14)11(3)17(15,16)9-12-8-6-5-7-10(12)2/h5-8,11,13H,4,9,14H2,1-3H3. The molecule has 0 bridgehead atoms. The van der Waals surface area contributed by atoms with Gasteiger partial charge >= 0.3 is 0 Å². The molecule has 1 rings (SSSR count). The fourth-order valence-electron chi connectivity index (χ4n) is 1.72. The Bertz CT molecular complexity index is 468. The molecule has 2 unspecified atom stereocenters. The van der Waals surface area contributed by atoms with Gasteiger partial charge in [0.2, 0.25) is 0 Å². The van der Waals surface area contributed by atoms with Crippen LogP contribution in [0.1, 0.15) is 31.4 Å². The van der Waals surface area contributed by atoms with E-state index in [1.807, 2.05) is 38.1 Å². The quantitative estimate of drug-likeness (QED) is 0.876. The molecule has 0 amide bonds. The van der Waals surface area contributed by atoms with E-state index in [0.29, 0.717) is 6.42 Å². The third-order valence-electron chi connectivity index (χ3n) is 3.26. The smallest absolute Gasteiger partial charge is 0.158 e. The number of aryl methyl sites for hydroxylation is 1. The molecule has 0 aliphatic rings. The molecule has 3 nitrogen and oxygen atoms in total. The highest BCUT2D eigenvalue weighted by Gasteiger charge is 2.26. The van der Waals surface area contributed by atoms with Crippen LogP contribution < -0.4 is 5.73 Å². The fraction of sp³-hybridized carbons (Fsp3) is 0.538. The number of sulfone groups is 1. The van der Waals surface area contributed by atoms with E-state index < -0.39 is 15.1 Å². The van der Waals surface area contributed by atoms with Crippen LogP contribution in [-0.2, 0) is 15.6 Å². The van der Waals surface area contributed by atoms with E-state index >= 15 is 0 Å². The molecule has 4 heteroatoms. The molecule has 0 spiro atoms. The van der Waals surface area contributed by atoms with Crippen LogP contribution in [0.4, 0.5) is 0 Å². The fourth-order valence-corrected chi connectivity index (χ4v) is 3.46. The van der Waals surface area contributed by atoms with Gasteiger partial charge < -0.3 is 5.73 Å². The zero-order valence-electron chi connectivity index (χ0n) is 10.7. The first-order valence-corrected chi connectivity index (χ1v) is 7.61. The molecule has 0 heterocycles. The highest BCUT2D eigenvalue weighted by molar-refractivity contribution is 7.91. The molecule has 0 aliphatic carbocycles. The molecule has 0 fully saturated rings. The molecule has 0 aromatic heterocycles. The molecule has 0 radical (unpaired) electrons. The van der Waals surface area contributed by atoms with Crippen LogP contribution in [0.3, 0.4) is 0 Å². The molecule has 17 heavy (non-hydrogen) atoms. The molecule has 0 saturated carbocycles. The highest BCUT2D eigenvalue weighted by Crippen LogP contribution is 2.17. The van der Waals surface area contributed by atoms with E-state index in [4.69, 9.17) is 5.73 Å². The lowest BCUT2D eigenvalue weighted by atomic mass is 10.1. The Hall–Kier alpha value is -0.870. The Morgan fingerprint density at radius 3 is 2.41 bits per heavy atom. The summed E-state index contributed by atoms with van der Waals surface area (Å²) in [6.07, 6.45) is 0.675. The van der Waals surface area contributed by atoms with Crippen LogP contribution in [0.15, 0.2) is 24.3 Å². The van der Waals surface area contributed by atoms with E-state index in [9.17, 15) is 8.42 Å². The van der Waals surface area contributed by atoms with E-state index in [1.54, 1.807) is 6.92 Å². The van der Waals surface area contributed by atoms with Gasteiger partial charge in [0.25, 0.3) is 0 Å². The monoisotopic (exact) mass is 255 g/mol. The lowest BCUT2D eigenvalue weighted by Crippen LogP contribution is -2.38. The van der Waals surface area contributed by atoms with E-state index in [0.717, 1.165) is 11.1 Å². The second kappa shape index (κ2) is 5.65. The lowest BCUT2D eigenvalue weighted by Gasteiger charge is -2.19. The molecule has 2 N–H and O–H groups in total. The van der Waals surface area contributed by atoms with Crippen LogP contribution in [0, 0.1) is 6.92 Å². The van der Waals surface area contributed by atoms with Gasteiger partial charge in [0.05, 0.1) is 11.0 Å². The Morgan fingerprint density at radius 2 is 1.88 bits per heavy atom. The van der Waals surface area contributed by atoms with Gasteiger partial charge in [0.1, 0.15) is 0 Å². The maximum absolute atomic E-state index is 12.2. The summed E-state index contributed by atoms with van der Waals surface area (Å²) < 4.78 is 24.3. The van der Waals surface area contributed by atoms with Gasteiger partial charge in [-0.3, -0.25) is 0 Å². The van der Waals surface area contributed by atoms with Crippen molar-refractivity contribution in [2.75, 3.05) is 0 Å². The number of hydrogen-bond donors (Lipinski definition) is 1. The van der Waals surface area contributed by atoms with Gasteiger partial charge in [-0.1, -0.05) is 31.2 Å². The van der Waals surface area contributed by atoms with Crippen molar-refractivity contribution in [3.05, 3.63) is 35.4 Å². The maximum atomic E-state index is 12.2. The average molecular weight is 255 g/mol. The van der Waals surface area contributed by atoms with Crippen molar-refractivity contribution in [2.45, 2.75) is 44.2 Å². The van der Waals surface area contributed by atoms with Crippen molar-refractivity contribution in [1.29, 1.82) is 0 Å². The van der Waals surface area contributed by atoms with Crippen molar-refractivity contribution in [3.63, 3.8) is 0 Å². The summed E-state index contributed by atoms with van der Waals surface area (Å²) in [4.78, 5) is 0. The Kier molecular flexibility index (Phi) is 4.71. The summed E-state index contributed by atoms with van der Waals surface area (Å²) in [6, 6.07) is 7.27. The summed E-state index contributed by atoms with van der Waals surface area (Å²) in [5.41, 5.74) is 7.69. The van der Waals surface area contributed by atoms with Crippen molar-refractivity contribution >= 4 is 9.84 Å². The van der Waals surface area contributed by atoms with Gasteiger partial charge in [0.15, 0.2) is 9.84 Å². The van der Waals surface area contributed by atoms with Crippen molar-refractivity contribution in [2.24, 2.45) is 5.73 Å². The summed E-state index contributed by atoms with van der Waals surface area (Å²) in [7, 11) is -3.17. The van der Waals surface area contributed by atoms with Crippen LogP contribution in [0.5, 0.6) is 0 Å². The number of benzene rings is 1. The van der Waals surface area contributed by atoms with E-state index in [2.05, 4.69) is 0 Å². The van der Waals surface area contributed by atoms with Gasteiger partial charge in [-0.2, -0.15) is 0 Å². The molecule has 2 atom stereocenters. The normalized spacial score (nSPS) is 15.5. The topological polar surface area (TPSA) is 60.2 Å². The molecular formula is C13H21NO2S. The van der Waals surface area contributed by atoms with Crippen molar-refractivity contribution in [1.82, 2.24) is 0 Å². The second-order valence-corrected chi connectivity index (χ2v) is 6.87. The van der Waals surface area contributed by atoms with Crippen LogP contribution in [0.25, 0.3) is 0 Å². The van der Waals surface area contributed by atoms with Gasteiger partial charge in [-0.15, -0.1) is 0 Å². The third-order valence-corrected chi connectivity index (χ3v) is 5.45. The Balaban J connectivity index is 2.91. The molecule has 0 saturated heterocycles. The average Bonchev–Trinajstić information content (AvgIpc) is 2.30. The predicted octanol–water partition coefficient (Wildman–Crippen LogP) is 2.04. The zero-order chi connectivity index (χ0) is 13.1. The SMILES string of the molecule is CCC(N)C(C)S(=O)(=O)Cc1ccccc1C. The van der Waals surface area contributed by atoms with E-state index in [-0.39, 0.29) is 11.8 Å². The zero-order valence-corrected chi connectivity index (χ0v) is 11.5. The minimum Gasteiger partial charge on any atom is -0.327 e. The molecular weight excluding hydrogens is 234 g/mol. The Labute approximate surface area is 104 Å². The van der Waals surface area contributed by atoms with Crippen LogP contribution in [-0.4, -0.2) is 19.7 Å². The van der Waals surface area contributed by atoms with Gasteiger partial charge in [0, 0.05) is 6.04 Å². The molecule has 1 aromatic rings. The van der Waals surface area contributed by atoms with E-state index in [1.165, 1.54) is 0 Å². The number of rotatable bonds is 5. The van der Waals surface area contributed by atoms with Crippen LogP contribution >= 0.6 is 0 Å². The van der Waals surface area contributed by atoms with Gasteiger partial charge in [-0.05, 0) is 31.4 Å².